The number of nitrogens with one attached hydrogen (secondary N) is 1. The first kappa shape index (κ1) is 14.0. The molecule has 0 saturated carbocycles. The fraction of sp³-hybridized carbons (Fsp3) is 0.200. The molecule has 0 saturated heterocycles. The molecule has 0 spiro atoms. The summed E-state index contributed by atoms with van der Waals surface area (Å²) in [5.74, 6) is -0.897. The Bertz CT molecular complexity index is 581. The van der Waals surface area contributed by atoms with E-state index in [1.807, 2.05) is 12.1 Å². The smallest absolute Gasteiger partial charge is 0.200 e. The molecule has 0 radical (unpaired) electrons. The van der Waals surface area contributed by atoms with E-state index < -0.39 is 5.75 Å². The van der Waals surface area contributed by atoms with E-state index in [0.29, 0.717) is 18.7 Å². The highest BCUT2D eigenvalue weighted by Gasteiger charge is 2.10. The topological polar surface area (TPSA) is 93.0 Å². The molecule has 0 atom stereocenters. The van der Waals surface area contributed by atoms with Gasteiger partial charge in [0, 0.05) is 12.1 Å². The zero-order chi connectivity index (χ0) is 14.5. The van der Waals surface area contributed by atoms with E-state index in [4.69, 9.17) is 5.11 Å². The van der Waals surface area contributed by atoms with E-state index in [-0.39, 0.29) is 17.2 Å². The van der Waals surface area contributed by atoms with E-state index in [1.54, 1.807) is 18.2 Å². The Hall–Kier alpha value is -2.40. The van der Waals surface area contributed by atoms with Crippen LogP contribution in [0.15, 0.2) is 36.4 Å². The van der Waals surface area contributed by atoms with Crippen LogP contribution in [0.2, 0.25) is 0 Å². The lowest BCUT2D eigenvalue weighted by molar-refractivity contribution is 0.364. The molecule has 20 heavy (non-hydrogen) atoms. The average Bonchev–Trinajstić information content (AvgIpc) is 2.45. The predicted molar refractivity (Wildman–Crippen MR) is 75.0 cm³/mol. The van der Waals surface area contributed by atoms with Gasteiger partial charge in [-0.1, -0.05) is 18.2 Å². The number of rotatable bonds is 5. The molecule has 0 fully saturated rings. The lowest BCUT2D eigenvalue weighted by Gasteiger charge is -2.09. The van der Waals surface area contributed by atoms with Gasteiger partial charge >= 0.3 is 0 Å². The lowest BCUT2D eigenvalue weighted by atomic mass is 10.1. The van der Waals surface area contributed by atoms with Gasteiger partial charge in [-0.05, 0) is 36.7 Å². The summed E-state index contributed by atoms with van der Waals surface area (Å²) in [5.41, 5.74) is 1.61. The minimum Gasteiger partial charge on any atom is -0.508 e. The van der Waals surface area contributed by atoms with E-state index in [9.17, 15) is 15.3 Å². The zero-order valence-corrected chi connectivity index (χ0v) is 10.9. The van der Waals surface area contributed by atoms with Crippen LogP contribution in [0.5, 0.6) is 23.0 Å². The third kappa shape index (κ3) is 3.33. The van der Waals surface area contributed by atoms with Crippen molar-refractivity contribution in [1.29, 1.82) is 0 Å². The van der Waals surface area contributed by atoms with Crippen molar-refractivity contribution in [3.63, 3.8) is 0 Å². The second-order valence-corrected chi connectivity index (χ2v) is 4.53. The fourth-order valence-electron chi connectivity index (χ4n) is 1.87. The Morgan fingerprint density at radius 2 is 1.50 bits per heavy atom. The molecule has 5 heteroatoms. The molecule has 5 nitrogen and oxygen atoms in total. The van der Waals surface area contributed by atoms with Crippen LogP contribution in [0.3, 0.4) is 0 Å². The summed E-state index contributed by atoms with van der Waals surface area (Å²) in [6, 6.07) is 9.87. The van der Waals surface area contributed by atoms with Crippen molar-refractivity contribution in [3.8, 4) is 23.0 Å². The molecule has 0 aliphatic rings. The largest absolute Gasteiger partial charge is 0.508 e. The molecule has 2 aromatic rings. The fourth-order valence-corrected chi connectivity index (χ4v) is 1.87. The number of hydrogen-bond acceptors (Lipinski definition) is 5. The highest BCUT2D eigenvalue weighted by atomic mass is 16.3. The molecule has 2 rings (SSSR count). The van der Waals surface area contributed by atoms with Crippen molar-refractivity contribution >= 4 is 0 Å². The van der Waals surface area contributed by atoms with Crippen molar-refractivity contribution in [3.05, 3.63) is 47.5 Å². The zero-order valence-electron chi connectivity index (χ0n) is 10.9. The molecule has 0 heterocycles. The van der Waals surface area contributed by atoms with Crippen LogP contribution in [0.25, 0.3) is 0 Å². The average molecular weight is 275 g/mol. The minimum atomic E-state index is -0.497. The summed E-state index contributed by atoms with van der Waals surface area (Å²) in [4.78, 5) is 0. The Morgan fingerprint density at radius 1 is 0.800 bits per heavy atom. The summed E-state index contributed by atoms with van der Waals surface area (Å²) < 4.78 is 0. The molecule has 0 bridgehead atoms. The third-order valence-electron chi connectivity index (χ3n) is 3.06. The predicted octanol–water partition coefficient (Wildman–Crippen LogP) is 1.84. The number of hydrogen-bond donors (Lipinski definition) is 5. The van der Waals surface area contributed by atoms with Gasteiger partial charge in [0.05, 0.1) is 0 Å². The van der Waals surface area contributed by atoms with Gasteiger partial charge in [-0.3, -0.25) is 0 Å². The monoisotopic (exact) mass is 275 g/mol. The highest BCUT2D eigenvalue weighted by Crippen LogP contribution is 2.36. The van der Waals surface area contributed by atoms with Crippen molar-refractivity contribution in [2.45, 2.75) is 13.0 Å². The molecule has 0 aliphatic carbocycles. The van der Waals surface area contributed by atoms with Gasteiger partial charge in [0.15, 0.2) is 11.5 Å². The minimum absolute atomic E-state index is 0.242. The molecule has 0 aromatic heterocycles. The first-order valence-corrected chi connectivity index (χ1v) is 6.29. The lowest BCUT2D eigenvalue weighted by Crippen LogP contribution is -2.16. The number of aromatic hydroxyl groups is 4. The van der Waals surface area contributed by atoms with Crippen molar-refractivity contribution in [2.24, 2.45) is 0 Å². The van der Waals surface area contributed by atoms with Crippen LogP contribution < -0.4 is 5.32 Å². The molecular weight excluding hydrogens is 258 g/mol. The molecular formula is C15H17NO4. The maximum absolute atomic E-state index is 9.65. The Labute approximate surface area is 116 Å². The van der Waals surface area contributed by atoms with E-state index in [2.05, 4.69) is 5.32 Å². The van der Waals surface area contributed by atoms with Gasteiger partial charge in [0.2, 0.25) is 5.75 Å². The second-order valence-electron chi connectivity index (χ2n) is 4.53. The van der Waals surface area contributed by atoms with Crippen LogP contribution in [-0.4, -0.2) is 27.0 Å². The molecule has 0 unspecified atom stereocenters. The van der Waals surface area contributed by atoms with Gasteiger partial charge in [-0.2, -0.15) is 0 Å². The van der Waals surface area contributed by atoms with Gasteiger partial charge in [0.25, 0.3) is 0 Å². The summed E-state index contributed by atoms with van der Waals surface area (Å²) in [6.45, 7) is 1.07. The van der Waals surface area contributed by atoms with Crippen LogP contribution in [0, 0.1) is 0 Å². The Kier molecular flexibility index (Phi) is 4.32. The van der Waals surface area contributed by atoms with E-state index in [1.165, 1.54) is 6.07 Å². The molecule has 2 aromatic carbocycles. The van der Waals surface area contributed by atoms with Gasteiger partial charge < -0.3 is 25.7 Å². The van der Waals surface area contributed by atoms with E-state index >= 15 is 0 Å². The Morgan fingerprint density at radius 3 is 2.20 bits per heavy atom. The van der Waals surface area contributed by atoms with Crippen LogP contribution in [0.1, 0.15) is 11.1 Å². The Balaban J connectivity index is 1.84. The van der Waals surface area contributed by atoms with Crippen molar-refractivity contribution in [1.82, 2.24) is 5.32 Å². The summed E-state index contributed by atoms with van der Waals surface area (Å²) in [6.07, 6.45) is 0.783. The third-order valence-corrected chi connectivity index (χ3v) is 3.06. The highest BCUT2D eigenvalue weighted by molar-refractivity contribution is 5.52. The normalized spacial score (nSPS) is 10.6. The van der Waals surface area contributed by atoms with Crippen LogP contribution in [-0.2, 0) is 13.0 Å². The number of phenols is 4. The first-order valence-electron chi connectivity index (χ1n) is 6.29. The van der Waals surface area contributed by atoms with Crippen LogP contribution >= 0.6 is 0 Å². The van der Waals surface area contributed by atoms with Gasteiger partial charge in [0.1, 0.15) is 5.75 Å². The molecule has 0 amide bonds. The molecule has 5 N–H and O–H groups in total. The SMILES string of the molecule is Oc1ccc(CCNCc2ccc(O)c(O)c2O)cc1. The first-order chi connectivity index (χ1) is 9.58. The summed E-state index contributed by atoms with van der Waals surface area (Å²) >= 11 is 0. The van der Waals surface area contributed by atoms with Crippen molar-refractivity contribution in [2.75, 3.05) is 6.54 Å². The second kappa shape index (κ2) is 6.16. The maximum Gasteiger partial charge on any atom is 0.200 e. The van der Waals surface area contributed by atoms with Crippen molar-refractivity contribution < 1.29 is 20.4 Å². The number of benzene rings is 2. The molecule has 106 valence electrons. The summed E-state index contributed by atoms with van der Waals surface area (Å²) in [5, 5.41) is 40.6. The maximum atomic E-state index is 9.65. The summed E-state index contributed by atoms with van der Waals surface area (Å²) in [7, 11) is 0. The van der Waals surface area contributed by atoms with E-state index in [0.717, 1.165) is 12.0 Å². The molecule has 0 aliphatic heterocycles. The standard InChI is InChI=1S/C15H17NO4/c17-12-4-1-10(2-5-12)7-8-16-9-11-3-6-13(18)15(20)14(11)19/h1-6,16-20H,7-9H2. The van der Waals surface area contributed by atoms with Crippen LogP contribution in [0.4, 0.5) is 0 Å². The quantitative estimate of drug-likeness (QED) is 0.424. The number of phenolic OH excluding ortho intramolecular Hbond substituents is 4. The van der Waals surface area contributed by atoms with Gasteiger partial charge in [-0.15, -0.1) is 0 Å². The van der Waals surface area contributed by atoms with Gasteiger partial charge in [-0.25, -0.2) is 0 Å².